The standard InChI is InChI=1S/C21H14Cl2N2O2/c22-15-9-11-16(12-10-15)25-20(26)17-6-2-4-8-19(17)24(21(25)27)13-14-5-1-3-7-18(14)23/h1-12H,13H2. The zero-order valence-electron chi connectivity index (χ0n) is 14.1. The molecule has 0 aliphatic carbocycles. The Labute approximate surface area is 164 Å². The largest absolute Gasteiger partial charge is 0.336 e. The zero-order chi connectivity index (χ0) is 19.0. The van der Waals surface area contributed by atoms with Gasteiger partial charge >= 0.3 is 5.69 Å². The maximum absolute atomic E-state index is 13.3. The summed E-state index contributed by atoms with van der Waals surface area (Å²) in [4.78, 5) is 26.3. The van der Waals surface area contributed by atoms with Crippen LogP contribution in [0.15, 0.2) is 82.4 Å². The Morgan fingerprint density at radius 3 is 2.19 bits per heavy atom. The molecule has 0 bridgehead atoms. The van der Waals surface area contributed by atoms with Crippen molar-refractivity contribution in [3.05, 3.63) is 109 Å². The highest BCUT2D eigenvalue weighted by Crippen LogP contribution is 2.18. The first kappa shape index (κ1) is 17.6. The number of fused-ring (bicyclic) bond motifs is 1. The van der Waals surface area contributed by atoms with Crippen molar-refractivity contribution in [3.63, 3.8) is 0 Å². The summed E-state index contributed by atoms with van der Waals surface area (Å²) in [5, 5.41) is 1.56. The van der Waals surface area contributed by atoms with E-state index in [1.807, 2.05) is 18.2 Å². The first-order chi connectivity index (χ1) is 13.1. The number of hydrogen-bond acceptors (Lipinski definition) is 2. The Morgan fingerprint density at radius 2 is 1.44 bits per heavy atom. The fourth-order valence-corrected chi connectivity index (χ4v) is 3.41. The van der Waals surface area contributed by atoms with Crippen LogP contribution in [0.2, 0.25) is 10.0 Å². The average molecular weight is 397 g/mol. The fraction of sp³-hybridized carbons (Fsp3) is 0.0476. The van der Waals surface area contributed by atoms with E-state index in [4.69, 9.17) is 23.2 Å². The van der Waals surface area contributed by atoms with Crippen LogP contribution in [0.3, 0.4) is 0 Å². The number of aromatic nitrogens is 2. The SMILES string of the molecule is O=c1c2ccccc2n(Cc2ccccc2Cl)c(=O)n1-c1ccc(Cl)cc1. The molecule has 0 aliphatic heterocycles. The van der Waals surface area contributed by atoms with E-state index in [1.165, 1.54) is 0 Å². The number of rotatable bonds is 3. The van der Waals surface area contributed by atoms with Crippen molar-refractivity contribution in [3.8, 4) is 5.69 Å². The van der Waals surface area contributed by atoms with Crippen LogP contribution in [0.5, 0.6) is 0 Å². The van der Waals surface area contributed by atoms with Crippen molar-refractivity contribution in [2.45, 2.75) is 6.54 Å². The molecular weight excluding hydrogens is 383 g/mol. The van der Waals surface area contributed by atoms with Crippen molar-refractivity contribution in [2.24, 2.45) is 0 Å². The van der Waals surface area contributed by atoms with Crippen LogP contribution >= 0.6 is 23.2 Å². The lowest BCUT2D eigenvalue weighted by Crippen LogP contribution is -2.39. The minimum absolute atomic E-state index is 0.257. The predicted octanol–water partition coefficient (Wildman–Crippen LogP) is 4.51. The normalized spacial score (nSPS) is 11.0. The monoisotopic (exact) mass is 396 g/mol. The zero-order valence-corrected chi connectivity index (χ0v) is 15.6. The molecule has 1 heterocycles. The molecule has 0 saturated heterocycles. The van der Waals surface area contributed by atoms with Crippen LogP contribution in [0.25, 0.3) is 16.6 Å². The Hall–Kier alpha value is -2.82. The van der Waals surface area contributed by atoms with E-state index in [0.29, 0.717) is 26.6 Å². The van der Waals surface area contributed by atoms with Gasteiger partial charge in [-0.15, -0.1) is 0 Å². The van der Waals surface area contributed by atoms with E-state index in [-0.39, 0.29) is 12.1 Å². The number of halogens is 2. The maximum Gasteiger partial charge on any atom is 0.336 e. The second kappa shape index (κ2) is 7.06. The van der Waals surface area contributed by atoms with E-state index in [1.54, 1.807) is 59.2 Å². The first-order valence-electron chi connectivity index (χ1n) is 8.30. The van der Waals surface area contributed by atoms with Crippen LogP contribution < -0.4 is 11.2 Å². The molecule has 0 spiro atoms. The van der Waals surface area contributed by atoms with Crippen molar-refractivity contribution in [1.82, 2.24) is 9.13 Å². The molecule has 0 amide bonds. The van der Waals surface area contributed by atoms with Gasteiger partial charge < -0.3 is 0 Å². The molecule has 0 aliphatic rings. The smallest absolute Gasteiger partial charge is 0.288 e. The summed E-state index contributed by atoms with van der Waals surface area (Å²) < 4.78 is 2.72. The van der Waals surface area contributed by atoms with Gasteiger partial charge in [-0.1, -0.05) is 53.5 Å². The molecule has 6 heteroatoms. The van der Waals surface area contributed by atoms with Gasteiger partial charge in [-0.3, -0.25) is 9.36 Å². The van der Waals surface area contributed by atoms with Crippen molar-refractivity contribution < 1.29 is 0 Å². The summed E-state index contributed by atoms with van der Waals surface area (Å²) in [6.45, 7) is 0.257. The minimum Gasteiger partial charge on any atom is -0.288 e. The molecule has 0 unspecified atom stereocenters. The molecule has 0 atom stereocenters. The molecule has 0 saturated carbocycles. The van der Waals surface area contributed by atoms with Crippen molar-refractivity contribution in [1.29, 1.82) is 0 Å². The molecule has 0 N–H and O–H groups in total. The number of hydrogen-bond donors (Lipinski definition) is 0. The van der Waals surface area contributed by atoms with Crippen molar-refractivity contribution >= 4 is 34.1 Å². The lowest BCUT2D eigenvalue weighted by Gasteiger charge is -2.15. The van der Waals surface area contributed by atoms with Crippen LogP contribution in [-0.2, 0) is 6.54 Å². The van der Waals surface area contributed by atoms with E-state index < -0.39 is 5.69 Å². The molecule has 27 heavy (non-hydrogen) atoms. The van der Waals surface area contributed by atoms with Gasteiger partial charge in [-0.25, -0.2) is 9.36 Å². The topological polar surface area (TPSA) is 44.0 Å². The highest BCUT2D eigenvalue weighted by molar-refractivity contribution is 6.31. The Morgan fingerprint density at radius 1 is 0.778 bits per heavy atom. The molecular formula is C21H14Cl2N2O2. The molecule has 0 fully saturated rings. The predicted molar refractivity (Wildman–Crippen MR) is 109 cm³/mol. The Balaban J connectivity index is 2.03. The van der Waals surface area contributed by atoms with E-state index in [9.17, 15) is 9.59 Å². The third-order valence-corrected chi connectivity index (χ3v) is 5.04. The molecule has 1 aromatic heterocycles. The molecule has 0 radical (unpaired) electrons. The van der Waals surface area contributed by atoms with Crippen LogP contribution in [0, 0.1) is 0 Å². The van der Waals surface area contributed by atoms with Gasteiger partial charge in [0.25, 0.3) is 5.56 Å². The van der Waals surface area contributed by atoms with Crippen LogP contribution in [0.4, 0.5) is 0 Å². The fourth-order valence-electron chi connectivity index (χ4n) is 3.09. The third kappa shape index (κ3) is 3.18. The lowest BCUT2D eigenvalue weighted by molar-refractivity contribution is 0.715. The van der Waals surface area contributed by atoms with Gasteiger partial charge in [0, 0.05) is 10.0 Å². The quantitative estimate of drug-likeness (QED) is 0.511. The van der Waals surface area contributed by atoms with Crippen LogP contribution in [0.1, 0.15) is 5.56 Å². The number of nitrogens with zero attached hydrogens (tertiary/aromatic N) is 2. The summed E-state index contributed by atoms with van der Waals surface area (Å²) in [7, 11) is 0. The summed E-state index contributed by atoms with van der Waals surface area (Å²) in [6, 6.07) is 21.0. The number of benzene rings is 3. The maximum atomic E-state index is 13.3. The summed E-state index contributed by atoms with van der Waals surface area (Å²) in [5.41, 5.74) is 1.03. The van der Waals surface area contributed by atoms with E-state index >= 15 is 0 Å². The van der Waals surface area contributed by atoms with Gasteiger partial charge in [0.15, 0.2) is 0 Å². The average Bonchev–Trinajstić information content (AvgIpc) is 2.68. The van der Waals surface area contributed by atoms with Crippen LogP contribution in [-0.4, -0.2) is 9.13 Å². The summed E-state index contributed by atoms with van der Waals surface area (Å²) in [6.07, 6.45) is 0. The highest BCUT2D eigenvalue weighted by atomic mass is 35.5. The molecule has 134 valence electrons. The third-order valence-electron chi connectivity index (χ3n) is 4.42. The second-order valence-corrected chi connectivity index (χ2v) is 6.94. The Bertz CT molecular complexity index is 1260. The number of para-hydroxylation sites is 1. The molecule has 4 aromatic rings. The van der Waals surface area contributed by atoms with E-state index in [0.717, 1.165) is 10.1 Å². The van der Waals surface area contributed by atoms with Gasteiger partial charge in [0.1, 0.15) is 0 Å². The summed E-state index contributed by atoms with van der Waals surface area (Å²) in [5.74, 6) is 0. The highest BCUT2D eigenvalue weighted by Gasteiger charge is 2.15. The first-order valence-corrected chi connectivity index (χ1v) is 9.06. The van der Waals surface area contributed by atoms with Gasteiger partial charge in [0.2, 0.25) is 0 Å². The molecule has 4 nitrogen and oxygen atoms in total. The minimum atomic E-state index is -0.430. The lowest BCUT2D eigenvalue weighted by atomic mass is 10.2. The molecule has 3 aromatic carbocycles. The second-order valence-electron chi connectivity index (χ2n) is 6.09. The van der Waals surface area contributed by atoms with Gasteiger partial charge in [-0.2, -0.15) is 0 Å². The summed E-state index contributed by atoms with van der Waals surface area (Å²) >= 11 is 12.2. The van der Waals surface area contributed by atoms with Gasteiger partial charge in [0.05, 0.1) is 23.1 Å². The van der Waals surface area contributed by atoms with Gasteiger partial charge in [-0.05, 0) is 48.0 Å². The van der Waals surface area contributed by atoms with Crippen molar-refractivity contribution in [2.75, 3.05) is 0 Å². The van der Waals surface area contributed by atoms with E-state index in [2.05, 4.69) is 0 Å². The Kier molecular flexibility index (Phi) is 4.60. The molecule has 4 rings (SSSR count).